The summed E-state index contributed by atoms with van der Waals surface area (Å²) < 4.78 is 62.3. The van der Waals surface area contributed by atoms with Crippen LogP contribution in [0, 0.1) is 0 Å². The van der Waals surface area contributed by atoms with Crippen LogP contribution in [0.5, 0.6) is 5.75 Å². The first-order valence-corrected chi connectivity index (χ1v) is 15.6. The van der Waals surface area contributed by atoms with Crippen molar-refractivity contribution in [3.05, 3.63) is 24.3 Å². The van der Waals surface area contributed by atoms with Gasteiger partial charge in [0.05, 0.1) is 0 Å². The molecule has 2 fully saturated rings. The van der Waals surface area contributed by atoms with Crippen LogP contribution < -0.4 is 10.5 Å². The number of hydrogen-bond donors (Lipinski definition) is 1. The molecule has 1 aromatic rings. The zero-order chi connectivity index (χ0) is 38.0. The molecule has 19 nitrogen and oxygen atoms in total. The molecule has 0 amide bonds. The largest absolute Gasteiger partial charge is 0.463 e. The van der Waals surface area contributed by atoms with Gasteiger partial charge in [0, 0.05) is 54.2 Å². The minimum atomic E-state index is -1.80. The Morgan fingerprint density at radius 1 is 0.510 bits per heavy atom. The van der Waals surface area contributed by atoms with Crippen molar-refractivity contribution in [2.45, 2.75) is 110 Å². The van der Waals surface area contributed by atoms with E-state index in [1.54, 1.807) is 0 Å². The molecule has 3 rings (SSSR count). The fraction of sp³-hybridized carbons (Fsp3) is 0.594. The predicted octanol–water partition coefficient (Wildman–Crippen LogP) is 0.267. The van der Waals surface area contributed by atoms with Gasteiger partial charge < -0.3 is 57.8 Å². The smallest absolute Gasteiger partial charge is 0.303 e. The number of carbonyl (C=O) groups excluding carboxylic acids is 7. The summed E-state index contributed by atoms with van der Waals surface area (Å²) in [5.41, 5.74) is 6.19. The SMILES string of the molecule is CC(=O)OC[C@H]1O[C@H](O[C@H]2[C@H](OC(C)=O)[C@@H](OC(C)=O)[C@H](Oc3ccc(N)cc3)O[C@@H]2COC(C)=O)[C@H](OC(C)=O)[C@@H](OC(C)=O)[C@@H]1OC(C)=O. The van der Waals surface area contributed by atoms with Gasteiger partial charge >= 0.3 is 41.8 Å². The Hall–Kier alpha value is -5.01. The van der Waals surface area contributed by atoms with Gasteiger partial charge in [0.2, 0.25) is 12.4 Å². The lowest BCUT2D eigenvalue weighted by molar-refractivity contribution is -0.354. The van der Waals surface area contributed by atoms with Crippen LogP contribution in [0.25, 0.3) is 0 Å². The summed E-state index contributed by atoms with van der Waals surface area (Å²) >= 11 is 0. The standard InChI is InChI=1S/C32H41NO18/c1-14(34)41-12-23-25(43-16(3)36)27(44-17(4)37)30(47-20(7)40)32(50-23)51-26-24(13-42-15(2)35)49-31(48-22-10-8-21(33)9-11-22)29(46-19(6)39)28(26)45-18(5)38/h8-11,23-32H,12-13,33H2,1-7H3/t23-,24-,25-,26-,27+,28+,29-,30-,31-,32-/m1/s1. The molecule has 0 saturated carbocycles. The molecule has 1 aromatic carbocycles. The average molecular weight is 728 g/mol. The molecule has 0 aliphatic carbocycles. The van der Waals surface area contributed by atoms with Crippen LogP contribution in [0.4, 0.5) is 5.69 Å². The van der Waals surface area contributed by atoms with E-state index in [2.05, 4.69) is 0 Å². The van der Waals surface area contributed by atoms with Crippen LogP contribution in [0.2, 0.25) is 0 Å². The van der Waals surface area contributed by atoms with E-state index in [0.717, 1.165) is 48.5 Å². The Labute approximate surface area is 292 Å². The molecule has 2 N–H and O–H groups in total. The van der Waals surface area contributed by atoms with E-state index < -0.39 is 116 Å². The van der Waals surface area contributed by atoms with Crippen molar-refractivity contribution in [2.75, 3.05) is 18.9 Å². The number of rotatable bonds is 13. The van der Waals surface area contributed by atoms with Gasteiger partial charge in [0.25, 0.3) is 0 Å². The molecular formula is C32H41NO18. The van der Waals surface area contributed by atoms with Gasteiger partial charge in [-0.05, 0) is 24.3 Å². The first-order valence-electron chi connectivity index (χ1n) is 15.6. The molecule has 2 heterocycles. The van der Waals surface area contributed by atoms with E-state index in [0.29, 0.717) is 5.69 Å². The van der Waals surface area contributed by atoms with Crippen LogP contribution in [-0.4, -0.2) is 116 Å². The highest BCUT2D eigenvalue weighted by atomic mass is 16.8. The fourth-order valence-corrected chi connectivity index (χ4v) is 5.25. The van der Waals surface area contributed by atoms with Crippen LogP contribution in [0.3, 0.4) is 0 Å². The number of ether oxygens (including phenoxy) is 11. The van der Waals surface area contributed by atoms with Crippen molar-refractivity contribution in [3.8, 4) is 5.75 Å². The molecule has 2 aliphatic heterocycles. The minimum Gasteiger partial charge on any atom is -0.463 e. The molecule has 51 heavy (non-hydrogen) atoms. The topological polar surface area (TPSA) is 247 Å². The first-order chi connectivity index (χ1) is 23.9. The molecule has 0 aromatic heterocycles. The molecular weight excluding hydrogens is 686 g/mol. The molecule has 2 aliphatic rings. The maximum Gasteiger partial charge on any atom is 0.303 e. The van der Waals surface area contributed by atoms with E-state index in [1.165, 1.54) is 24.3 Å². The maximum atomic E-state index is 12.5. The lowest BCUT2D eigenvalue weighted by Gasteiger charge is -2.48. The zero-order valence-corrected chi connectivity index (χ0v) is 28.9. The molecule has 0 spiro atoms. The first kappa shape index (κ1) is 40.4. The summed E-state index contributed by atoms with van der Waals surface area (Å²) in [6.07, 6.45) is -15.7. The summed E-state index contributed by atoms with van der Waals surface area (Å²) in [5.74, 6) is -5.71. The van der Waals surface area contributed by atoms with Gasteiger partial charge in [-0.15, -0.1) is 0 Å². The molecule has 282 valence electrons. The Morgan fingerprint density at radius 3 is 1.33 bits per heavy atom. The van der Waals surface area contributed by atoms with Crippen LogP contribution >= 0.6 is 0 Å². The number of benzene rings is 1. The van der Waals surface area contributed by atoms with E-state index >= 15 is 0 Å². The summed E-state index contributed by atoms with van der Waals surface area (Å²) in [5, 5.41) is 0. The zero-order valence-electron chi connectivity index (χ0n) is 28.9. The van der Waals surface area contributed by atoms with E-state index in [1.807, 2.05) is 0 Å². The fourth-order valence-electron chi connectivity index (χ4n) is 5.25. The molecule has 0 bridgehead atoms. The van der Waals surface area contributed by atoms with Crippen molar-refractivity contribution in [2.24, 2.45) is 0 Å². The number of nitrogens with two attached hydrogens (primary N) is 1. The van der Waals surface area contributed by atoms with Gasteiger partial charge in [-0.3, -0.25) is 33.6 Å². The van der Waals surface area contributed by atoms with Crippen molar-refractivity contribution < 1.29 is 85.7 Å². The van der Waals surface area contributed by atoms with Crippen molar-refractivity contribution in [3.63, 3.8) is 0 Å². The van der Waals surface area contributed by atoms with Crippen molar-refractivity contribution >= 4 is 47.5 Å². The number of carbonyl (C=O) groups is 7. The molecule has 10 atom stereocenters. The number of esters is 7. The quantitative estimate of drug-likeness (QED) is 0.163. The Bertz CT molecular complexity index is 1430. The van der Waals surface area contributed by atoms with E-state index in [4.69, 9.17) is 57.8 Å². The highest BCUT2D eigenvalue weighted by Crippen LogP contribution is 2.36. The Kier molecular flexibility index (Phi) is 14.5. The second-order valence-electron chi connectivity index (χ2n) is 11.3. The third-order valence-corrected chi connectivity index (χ3v) is 7.02. The van der Waals surface area contributed by atoms with E-state index in [-0.39, 0.29) is 5.75 Å². The highest BCUT2D eigenvalue weighted by molar-refractivity contribution is 5.69. The molecule has 2 saturated heterocycles. The molecule has 19 heteroatoms. The third-order valence-electron chi connectivity index (χ3n) is 7.02. The molecule has 0 radical (unpaired) electrons. The number of nitrogen functional groups attached to an aromatic ring is 1. The van der Waals surface area contributed by atoms with Gasteiger partial charge in [-0.2, -0.15) is 0 Å². The average Bonchev–Trinajstić information content (AvgIpc) is 3.00. The summed E-state index contributed by atoms with van der Waals surface area (Å²) in [6, 6.07) is 6.03. The lowest BCUT2D eigenvalue weighted by Crippen LogP contribution is -2.67. The monoisotopic (exact) mass is 727 g/mol. The van der Waals surface area contributed by atoms with Gasteiger partial charge in [-0.25, -0.2) is 0 Å². The van der Waals surface area contributed by atoms with Crippen LogP contribution in [-0.2, 0) is 80.9 Å². The summed E-state index contributed by atoms with van der Waals surface area (Å²) in [4.78, 5) is 85.4. The van der Waals surface area contributed by atoms with Gasteiger partial charge in [-0.1, -0.05) is 0 Å². The summed E-state index contributed by atoms with van der Waals surface area (Å²) in [6.45, 7) is 6.33. The normalized spacial score (nSPS) is 28.6. The molecule has 0 unspecified atom stereocenters. The predicted molar refractivity (Wildman–Crippen MR) is 165 cm³/mol. The third kappa shape index (κ3) is 12.1. The van der Waals surface area contributed by atoms with Crippen molar-refractivity contribution in [1.29, 1.82) is 0 Å². The van der Waals surface area contributed by atoms with E-state index in [9.17, 15) is 33.6 Å². The number of anilines is 1. The second kappa shape index (κ2) is 18.3. The number of hydrogen-bond acceptors (Lipinski definition) is 19. The van der Waals surface area contributed by atoms with Crippen molar-refractivity contribution in [1.82, 2.24) is 0 Å². The summed E-state index contributed by atoms with van der Waals surface area (Å²) in [7, 11) is 0. The Morgan fingerprint density at radius 2 is 0.882 bits per heavy atom. The Balaban J connectivity index is 2.16. The highest BCUT2D eigenvalue weighted by Gasteiger charge is 2.58. The lowest BCUT2D eigenvalue weighted by atomic mass is 9.96. The minimum absolute atomic E-state index is 0.193. The van der Waals surface area contributed by atoms with Crippen LogP contribution in [0.15, 0.2) is 24.3 Å². The van der Waals surface area contributed by atoms with Gasteiger partial charge in [0.15, 0.2) is 30.7 Å². The second-order valence-corrected chi connectivity index (χ2v) is 11.3. The maximum absolute atomic E-state index is 12.5. The van der Waals surface area contributed by atoms with Crippen LogP contribution in [0.1, 0.15) is 48.5 Å². The van der Waals surface area contributed by atoms with Gasteiger partial charge in [0.1, 0.15) is 37.3 Å².